The van der Waals surface area contributed by atoms with E-state index in [0.717, 1.165) is 16.7 Å². The van der Waals surface area contributed by atoms with Gasteiger partial charge in [-0.05, 0) is 92.6 Å². The van der Waals surface area contributed by atoms with Crippen LogP contribution in [0.3, 0.4) is 0 Å². The molecule has 3 N–H and O–H groups in total. The van der Waals surface area contributed by atoms with E-state index in [0.29, 0.717) is 16.9 Å². The Bertz CT molecular complexity index is 1220. The Hall–Kier alpha value is -3.23. The van der Waals surface area contributed by atoms with E-state index in [1.165, 1.54) is 12.1 Å². The molecular weight excluding hydrogens is 430 g/mol. The van der Waals surface area contributed by atoms with Gasteiger partial charge in [0.05, 0.1) is 4.90 Å². The highest BCUT2D eigenvalue weighted by Gasteiger charge is 2.15. The number of carbonyl (C=O) groups is 1. The van der Waals surface area contributed by atoms with Gasteiger partial charge in [0.2, 0.25) is 0 Å². The van der Waals surface area contributed by atoms with Crippen molar-refractivity contribution in [2.75, 3.05) is 10.0 Å². The van der Waals surface area contributed by atoms with Crippen LogP contribution in [0, 0.1) is 20.8 Å². The molecule has 8 heteroatoms. The number of carbonyl (C=O) groups excluding carboxylic acids is 1. The zero-order valence-electron chi connectivity index (χ0n) is 17.4. The number of hydrogen-bond donors (Lipinski definition) is 3. The second-order valence-corrected chi connectivity index (χ2v) is 9.29. The number of sulfonamides is 1. The number of rotatable bonds is 5. The summed E-state index contributed by atoms with van der Waals surface area (Å²) in [7, 11) is -3.73. The monoisotopic (exact) mass is 453 g/mol. The highest BCUT2D eigenvalue weighted by molar-refractivity contribution is 7.92. The van der Waals surface area contributed by atoms with Crippen molar-refractivity contribution in [1.29, 1.82) is 0 Å². The second-order valence-electron chi connectivity index (χ2n) is 7.20. The van der Waals surface area contributed by atoms with Gasteiger partial charge in [-0.3, -0.25) is 14.8 Å². The number of hydrogen-bond acceptors (Lipinski definition) is 4. The largest absolute Gasteiger partial charge is 0.332 e. The molecule has 0 aliphatic carbocycles. The first kappa shape index (κ1) is 22.5. The van der Waals surface area contributed by atoms with Crippen molar-refractivity contribution >= 4 is 44.6 Å². The van der Waals surface area contributed by atoms with Gasteiger partial charge in [0, 0.05) is 16.9 Å². The van der Waals surface area contributed by atoms with Crippen molar-refractivity contribution in [3.63, 3.8) is 0 Å². The highest BCUT2D eigenvalue weighted by Crippen LogP contribution is 2.20. The van der Waals surface area contributed by atoms with Crippen molar-refractivity contribution in [1.82, 2.24) is 5.32 Å². The number of benzene rings is 3. The number of thiocarbonyl (C=S) groups is 1. The molecule has 0 spiro atoms. The van der Waals surface area contributed by atoms with Crippen LogP contribution in [-0.4, -0.2) is 19.4 Å². The third-order valence-corrected chi connectivity index (χ3v) is 6.32. The lowest BCUT2D eigenvalue weighted by molar-refractivity contribution is 0.0977. The first-order valence-electron chi connectivity index (χ1n) is 9.53. The van der Waals surface area contributed by atoms with Gasteiger partial charge in [-0.2, -0.15) is 0 Å². The molecule has 6 nitrogen and oxygen atoms in total. The first-order chi connectivity index (χ1) is 14.6. The summed E-state index contributed by atoms with van der Waals surface area (Å²) in [5.41, 5.74) is 4.70. The van der Waals surface area contributed by atoms with E-state index >= 15 is 0 Å². The van der Waals surface area contributed by atoms with Gasteiger partial charge < -0.3 is 5.32 Å². The van der Waals surface area contributed by atoms with E-state index in [-0.39, 0.29) is 15.9 Å². The van der Waals surface area contributed by atoms with Crippen molar-refractivity contribution in [2.24, 2.45) is 0 Å². The van der Waals surface area contributed by atoms with E-state index < -0.39 is 10.0 Å². The molecule has 160 valence electrons. The van der Waals surface area contributed by atoms with E-state index in [1.807, 2.05) is 39.0 Å². The number of anilines is 2. The molecule has 0 aliphatic heterocycles. The molecule has 0 radical (unpaired) electrons. The highest BCUT2D eigenvalue weighted by atomic mass is 32.2. The summed E-state index contributed by atoms with van der Waals surface area (Å²) in [5, 5.41) is 5.60. The molecular formula is C23H23N3O3S2. The normalized spacial score (nSPS) is 10.9. The summed E-state index contributed by atoms with van der Waals surface area (Å²) in [5.74, 6) is -0.325. The van der Waals surface area contributed by atoms with Crippen LogP contribution >= 0.6 is 12.2 Å². The Morgan fingerprint density at radius 3 is 2.03 bits per heavy atom. The number of nitrogens with one attached hydrogen (secondary N) is 3. The van der Waals surface area contributed by atoms with Crippen LogP contribution in [0.25, 0.3) is 0 Å². The van der Waals surface area contributed by atoms with Gasteiger partial charge >= 0.3 is 0 Å². The van der Waals surface area contributed by atoms with E-state index in [9.17, 15) is 13.2 Å². The smallest absolute Gasteiger partial charge is 0.261 e. The van der Waals surface area contributed by atoms with Crippen molar-refractivity contribution < 1.29 is 13.2 Å². The second kappa shape index (κ2) is 9.28. The molecule has 0 bridgehead atoms. The molecule has 3 aromatic carbocycles. The lowest BCUT2D eigenvalue weighted by Crippen LogP contribution is -2.34. The first-order valence-corrected chi connectivity index (χ1v) is 11.4. The molecule has 1 amide bonds. The van der Waals surface area contributed by atoms with Gasteiger partial charge in [-0.15, -0.1) is 0 Å². The topological polar surface area (TPSA) is 87.3 Å². The zero-order chi connectivity index (χ0) is 22.6. The number of amides is 1. The Balaban J connectivity index is 1.63. The third-order valence-electron chi connectivity index (χ3n) is 4.72. The van der Waals surface area contributed by atoms with E-state index in [4.69, 9.17) is 12.2 Å². The summed E-state index contributed by atoms with van der Waals surface area (Å²) < 4.78 is 27.9. The van der Waals surface area contributed by atoms with Crippen LogP contribution in [0.2, 0.25) is 0 Å². The van der Waals surface area contributed by atoms with Crippen molar-refractivity contribution in [3.8, 4) is 0 Å². The van der Waals surface area contributed by atoms with Crippen LogP contribution in [0.15, 0.2) is 71.6 Å². The molecule has 3 aromatic rings. The Labute approximate surface area is 187 Å². The maximum atomic E-state index is 12.6. The molecule has 0 saturated heterocycles. The SMILES string of the molecule is Cc1ccc(C(=O)NC(=S)Nc2ccc(S(=O)(=O)Nc3ccc(C)c(C)c3)cc2)cc1. The predicted octanol–water partition coefficient (Wildman–Crippen LogP) is 4.54. The minimum Gasteiger partial charge on any atom is -0.332 e. The number of aryl methyl sites for hydroxylation is 3. The summed E-state index contributed by atoms with van der Waals surface area (Å²) in [4.78, 5) is 12.4. The Kier molecular flexibility index (Phi) is 6.72. The minimum atomic E-state index is -3.73. The van der Waals surface area contributed by atoms with Crippen LogP contribution in [0.5, 0.6) is 0 Å². The van der Waals surface area contributed by atoms with E-state index in [2.05, 4.69) is 15.4 Å². The van der Waals surface area contributed by atoms with E-state index in [1.54, 1.807) is 36.4 Å². The van der Waals surface area contributed by atoms with Crippen molar-refractivity contribution in [2.45, 2.75) is 25.7 Å². The summed E-state index contributed by atoms with van der Waals surface area (Å²) >= 11 is 5.18. The van der Waals surface area contributed by atoms with Gasteiger partial charge in [0.15, 0.2) is 5.11 Å². The Morgan fingerprint density at radius 2 is 1.42 bits per heavy atom. The standard InChI is InChI=1S/C23H23N3O3S2/c1-15-4-7-18(8-5-15)22(27)25-23(30)24-19-10-12-21(13-11-19)31(28,29)26-20-9-6-16(2)17(3)14-20/h4-14,26H,1-3H3,(H2,24,25,27,30). The fourth-order valence-electron chi connectivity index (χ4n) is 2.78. The molecule has 0 atom stereocenters. The lowest BCUT2D eigenvalue weighted by Gasteiger charge is -2.12. The lowest BCUT2D eigenvalue weighted by atomic mass is 10.1. The summed E-state index contributed by atoms with van der Waals surface area (Å²) in [6, 6.07) is 18.6. The van der Waals surface area contributed by atoms with Gasteiger partial charge in [-0.25, -0.2) is 8.42 Å². The predicted molar refractivity (Wildman–Crippen MR) is 128 cm³/mol. The zero-order valence-corrected chi connectivity index (χ0v) is 19.0. The summed E-state index contributed by atoms with van der Waals surface area (Å²) in [6.07, 6.45) is 0. The quantitative estimate of drug-likeness (QED) is 0.494. The molecule has 3 rings (SSSR count). The molecule has 0 unspecified atom stereocenters. The van der Waals surface area contributed by atoms with Gasteiger partial charge in [0.25, 0.3) is 15.9 Å². The third kappa shape index (κ3) is 5.90. The molecule has 31 heavy (non-hydrogen) atoms. The molecule has 0 fully saturated rings. The van der Waals surface area contributed by atoms with Gasteiger partial charge in [0.1, 0.15) is 0 Å². The summed E-state index contributed by atoms with van der Waals surface area (Å²) in [6.45, 7) is 5.83. The van der Waals surface area contributed by atoms with Crippen LogP contribution in [0.1, 0.15) is 27.0 Å². The molecule has 0 aromatic heterocycles. The van der Waals surface area contributed by atoms with Crippen LogP contribution in [-0.2, 0) is 10.0 Å². The molecule has 0 saturated carbocycles. The fraction of sp³-hybridized carbons (Fsp3) is 0.130. The average molecular weight is 454 g/mol. The molecule has 0 heterocycles. The average Bonchev–Trinajstić information content (AvgIpc) is 2.71. The van der Waals surface area contributed by atoms with Gasteiger partial charge in [-0.1, -0.05) is 23.8 Å². The Morgan fingerprint density at radius 1 is 0.806 bits per heavy atom. The maximum absolute atomic E-state index is 12.6. The minimum absolute atomic E-state index is 0.117. The molecule has 0 aliphatic rings. The van der Waals surface area contributed by atoms with Crippen molar-refractivity contribution in [3.05, 3.63) is 89.0 Å². The fourth-order valence-corrected chi connectivity index (χ4v) is 4.04. The van der Waals surface area contributed by atoms with Crippen LogP contribution < -0.4 is 15.4 Å². The van der Waals surface area contributed by atoms with Crippen LogP contribution in [0.4, 0.5) is 11.4 Å². The maximum Gasteiger partial charge on any atom is 0.261 e.